The van der Waals surface area contributed by atoms with Crippen molar-refractivity contribution in [3.05, 3.63) is 40.6 Å². The molecule has 0 bridgehead atoms. The average molecular weight is 383 g/mol. The quantitative estimate of drug-likeness (QED) is 0.775. The zero-order chi connectivity index (χ0) is 16.1. The van der Waals surface area contributed by atoms with Gasteiger partial charge in [-0.3, -0.25) is 4.79 Å². The highest BCUT2D eigenvalue weighted by molar-refractivity contribution is 9.10. The molecular weight excluding hydrogens is 364 g/mol. The first-order valence-electron chi connectivity index (χ1n) is 7.04. The van der Waals surface area contributed by atoms with Gasteiger partial charge in [0.25, 0.3) is 0 Å². The van der Waals surface area contributed by atoms with Gasteiger partial charge in [-0.1, -0.05) is 39.8 Å². The van der Waals surface area contributed by atoms with Gasteiger partial charge in [0.1, 0.15) is 6.33 Å². The van der Waals surface area contributed by atoms with E-state index in [2.05, 4.69) is 45.3 Å². The number of aromatic nitrogens is 3. The molecule has 1 aromatic heterocycles. The summed E-state index contributed by atoms with van der Waals surface area (Å²) in [5.74, 6) is 0.305. The van der Waals surface area contributed by atoms with Crippen molar-refractivity contribution in [1.29, 1.82) is 0 Å². The Morgan fingerprint density at radius 3 is 2.86 bits per heavy atom. The zero-order valence-corrected chi connectivity index (χ0v) is 15.2. The minimum absolute atomic E-state index is 0.0178. The van der Waals surface area contributed by atoms with Gasteiger partial charge < -0.3 is 9.88 Å². The van der Waals surface area contributed by atoms with Gasteiger partial charge in [0.05, 0.1) is 11.8 Å². The summed E-state index contributed by atoms with van der Waals surface area (Å²) in [4.78, 5) is 12.1. The van der Waals surface area contributed by atoms with Crippen LogP contribution in [0.15, 0.2) is 40.2 Å². The van der Waals surface area contributed by atoms with Crippen molar-refractivity contribution in [2.45, 2.75) is 38.0 Å². The lowest BCUT2D eigenvalue weighted by atomic mass is 10.1. The van der Waals surface area contributed by atoms with Gasteiger partial charge in [0.2, 0.25) is 5.91 Å². The molecule has 0 saturated carbocycles. The first kappa shape index (κ1) is 17.0. The first-order chi connectivity index (χ1) is 10.5. The number of carbonyl (C=O) groups is 1. The van der Waals surface area contributed by atoms with Crippen molar-refractivity contribution >= 4 is 33.6 Å². The smallest absolute Gasteiger partial charge is 0.230 e. The molecule has 7 heteroatoms. The number of hydrogen-bond donors (Lipinski definition) is 1. The lowest BCUT2D eigenvalue weighted by molar-refractivity contribution is -0.119. The van der Waals surface area contributed by atoms with Crippen molar-refractivity contribution < 1.29 is 4.79 Å². The van der Waals surface area contributed by atoms with Gasteiger partial charge >= 0.3 is 0 Å². The Balaban J connectivity index is 1.89. The fourth-order valence-corrected chi connectivity index (χ4v) is 3.23. The first-order valence-corrected chi connectivity index (χ1v) is 8.82. The third-order valence-corrected chi connectivity index (χ3v) is 4.61. The molecule has 1 heterocycles. The van der Waals surface area contributed by atoms with E-state index in [0.717, 1.165) is 15.2 Å². The predicted octanol–water partition coefficient (Wildman–Crippen LogP) is 3.59. The number of amides is 1. The number of rotatable bonds is 6. The largest absolute Gasteiger partial charge is 0.349 e. The molecule has 0 saturated heterocycles. The summed E-state index contributed by atoms with van der Waals surface area (Å²) in [6.45, 7) is 6.09. The lowest BCUT2D eigenvalue weighted by Gasteiger charge is -2.15. The van der Waals surface area contributed by atoms with Crippen molar-refractivity contribution in [3.8, 4) is 0 Å². The summed E-state index contributed by atoms with van der Waals surface area (Å²) < 4.78 is 2.96. The SMILES string of the molecule is CC(NC(=O)CSc1nncn1C(C)C)c1cccc(Br)c1. The number of thioether (sulfide) groups is 1. The van der Waals surface area contributed by atoms with Gasteiger partial charge in [-0.15, -0.1) is 10.2 Å². The van der Waals surface area contributed by atoms with Gasteiger partial charge in [-0.05, 0) is 38.5 Å². The molecule has 1 atom stereocenters. The van der Waals surface area contributed by atoms with E-state index in [1.165, 1.54) is 11.8 Å². The molecule has 2 aromatic rings. The molecule has 5 nitrogen and oxygen atoms in total. The zero-order valence-electron chi connectivity index (χ0n) is 12.8. The standard InChI is InChI=1S/C15H19BrN4OS/c1-10(2)20-9-17-19-15(20)22-8-14(21)18-11(3)12-5-4-6-13(16)7-12/h4-7,9-11H,8H2,1-3H3,(H,18,21). The summed E-state index contributed by atoms with van der Waals surface area (Å²) in [7, 11) is 0. The molecule has 1 unspecified atom stereocenters. The van der Waals surface area contributed by atoms with Crippen LogP contribution < -0.4 is 5.32 Å². The highest BCUT2D eigenvalue weighted by Crippen LogP contribution is 2.20. The third kappa shape index (κ3) is 4.58. The van der Waals surface area contributed by atoms with Crippen LogP contribution in [0.25, 0.3) is 0 Å². The molecule has 2 rings (SSSR count). The Bertz CT molecular complexity index is 644. The van der Waals surface area contributed by atoms with E-state index in [9.17, 15) is 4.79 Å². The summed E-state index contributed by atoms with van der Waals surface area (Å²) in [6.07, 6.45) is 1.69. The summed E-state index contributed by atoms with van der Waals surface area (Å²) >= 11 is 4.84. The molecule has 0 aliphatic rings. The van der Waals surface area contributed by atoms with E-state index in [4.69, 9.17) is 0 Å². The second-order valence-electron chi connectivity index (χ2n) is 5.25. The number of nitrogens with one attached hydrogen (secondary N) is 1. The van der Waals surface area contributed by atoms with Crippen LogP contribution in [0.1, 0.15) is 38.4 Å². The van der Waals surface area contributed by atoms with Crippen LogP contribution in [-0.2, 0) is 4.79 Å². The van der Waals surface area contributed by atoms with E-state index in [-0.39, 0.29) is 18.0 Å². The maximum Gasteiger partial charge on any atom is 0.230 e. The molecule has 1 aromatic carbocycles. The van der Waals surface area contributed by atoms with E-state index in [1.807, 2.05) is 35.8 Å². The Morgan fingerprint density at radius 2 is 2.18 bits per heavy atom. The molecule has 0 radical (unpaired) electrons. The highest BCUT2D eigenvalue weighted by Gasteiger charge is 2.13. The number of hydrogen-bond acceptors (Lipinski definition) is 4. The van der Waals surface area contributed by atoms with Crippen molar-refractivity contribution in [2.24, 2.45) is 0 Å². The summed E-state index contributed by atoms with van der Waals surface area (Å²) in [5.41, 5.74) is 1.07. The Kier molecular flexibility index (Phi) is 6.02. The maximum atomic E-state index is 12.1. The van der Waals surface area contributed by atoms with E-state index in [1.54, 1.807) is 6.33 Å². The monoisotopic (exact) mass is 382 g/mol. The second-order valence-corrected chi connectivity index (χ2v) is 7.11. The highest BCUT2D eigenvalue weighted by atomic mass is 79.9. The van der Waals surface area contributed by atoms with Crippen LogP contribution in [0.3, 0.4) is 0 Å². The molecule has 1 amide bonds. The molecule has 118 valence electrons. The van der Waals surface area contributed by atoms with Crippen LogP contribution >= 0.6 is 27.7 Å². The Labute approximate surface area is 143 Å². The van der Waals surface area contributed by atoms with Gasteiger partial charge in [0.15, 0.2) is 5.16 Å². The molecule has 0 aliphatic heterocycles. The Hall–Kier alpha value is -1.34. The van der Waals surface area contributed by atoms with Crippen molar-refractivity contribution in [2.75, 3.05) is 5.75 Å². The molecule has 0 fully saturated rings. The molecule has 22 heavy (non-hydrogen) atoms. The van der Waals surface area contributed by atoms with Crippen LogP contribution in [0.5, 0.6) is 0 Å². The van der Waals surface area contributed by atoms with E-state index < -0.39 is 0 Å². The number of benzene rings is 1. The van der Waals surface area contributed by atoms with Crippen molar-refractivity contribution in [3.63, 3.8) is 0 Å². The molecule has 0 spiro atoms. The topological polar surface area (TPSA) is 59.8 Å². The fourth-order valence-electron chi connectivity index (χ4n) is 1.96. The van der Waals surface area contributed by atoms with Gasteiger partial charge in [-0.2, -0.15) is 0 Å². The van der Waals surface area contributed by atoms with Gasteiger partial charge in [0, 0.05) is 10.5 Å². The fraction of sp³-hybridized carbons (Fsp3) is 0.400. The van der Waals surface area contributed by atoms with Crippen LogP contribution in [0, 0.1) is 0 Å². The summed E-state index contributed by atoms with van der Waals surface area (Å²) in [5, 5.41) is 11.7. The summed E-state index contributed by atoms with van der Waals surface area (Å²) in [6, 6.07) is 8.18. The molecular formula is C15H19BrN4OS. The molecule has 0 aliphatic carbocycles. The van der Waals surface area contributed by atoms with Crippen LogP contribution in [0.2, 0.25) is 0 Å². The molecule has 1 N–H and O–H groups in total. The minimum atomic E-state index is -0.0337. The Morgan fingerprint density at radius 1 is 1.41 bits per heavy atom. The predicted molar refractivity (Wildman–Crippen MR) is 91.8 cm³/mol. The van der Waals surface area contributed by atoms with E-state index in [0.29, 0.717) is 5.75 Å². The van der Waals surface area contributed by atoms with E-state index >= 15 is 0 Å². The third-order valence-electron chi connectivity index (χ3n) is 3.16. The van der Waals surface area contributed by atoms with Gasteiger partial charge in [-0.25, -0.2) is 0 Å². The van der Waals surface area contributed by atoms with Crippen LogP contribution in [-0.4, -0.2) is 26.4 Å². The van der Waals surface area contributed by atoms with Crippen LogP contribution in [0.4, 0.5) is 0 Å². The lowest BCUT2D eigenvalue weighted by Crippen LogP contribution is -2.28. The second kappa shape index (κ2) is 7.78. The average Bonchev–Trinajstić information content (AvgIpc) is 2.93. The normalized spacial score (nSPS) is 12.4. The maximum absolute atomic E-state index is 12.1. The minimum Gasteiger partial charge on any atom is -0.349 e. The number of halogens is 1. The number of carbonyl (C=O) groups excluding carboxylic acids is 1. The number of nitrogens with zero attached hydrogens (tertiary/aromatic N) is 3. The van der Waals surface area contributed by atoms with Crippen molar-refractivity contribution in [1.82, 2.24) is 20.1 Å².